The number of hydrogen-bond donors (Lipinski definition) is 0. The van der Waals surface area contributed by atoms with Gasteiger partial charge in [-0.1, -0.05) is 57.5 Å². The van der Waals surface area contributed by atoms with Gasteiger partial charge in [-0.3, -0.25) is 9.36 Å². The zero-order valence-corrected chi connectivity index (χ0v) is 16.1. The molecule has 21 heavy (non-hydrogen) atoms. The summed E-state index contributed by atoms with van der Waals surface area (Å²) < 4.78 is 3.27. The predicted molar refractivity (Wildman–Crippen MR) is 92.5 cm³/mol. The summed E-state index contributed by atoms with van der Waals surface area (Å²) >= 11 is 0. The van der Waals surface area contributed by atoms with Crippen molar-refractivity contribution in [2.45, 2.75) is 39.3 Å². The molecule has 0 aromatic heterocycles. The Morgan fingerprint density at radius 1 is 0.857 bits per heavy atom. The highest BCUT2D eigenvalue weighted by atomic mass is 28.3. The first-order valence-corrected chi connectivity index (χ1v) is 14.0. The van der Waals surface area contributed by atoms with Gasteiger partial charge in [0.25, 0.3) is 5.91 Å². The van der Waals surface area contributed by atoms with Gasteiger partial charge in [0.05, 0.1) is 0 Å². The molecule has 0 atom stereocenters. The summed E-state index contributed by atoms with van der Waals surface area (Å²) in [5, 5.41) is 0. The van der Waals surface area contributed by atoms with E-state index >= 15 is 0 Å². The van der Waals surface area contributed by atoms with E-state index in [9.17, 15) is 9.59 Å². The monoisotopic (exact) mass is 322 g/mol. The van der Waals surface area contributed by atoms with Gasteiger partial charge in [0.2, 0.25) is 0 Å². The molecule has 1 aromatic carbocycles. The first kappa shape index (κ1) is 17.6. The van der Waals surface area contributed by atoms with E-state index in [1.165, 1.54) is 4.57 Å². The molecule has 0 unspecified atom stereocenters. The van der Waals surface area contributed by atoms with E-state index in [0.29, 0.717) is 5.56 Å². The molecule has 1 aromatic rings. The number of amides is 3. The van der Waals surface area contributed by atoms with Crippen LogP contribution in [0, 0.1) is 0 Å². The van der Waals surface area contributed by atoms with Gasteiger partial charge in [-0.2, -0.15) is 0 Å². The Hall–Kier alpha value is -1.41. The van der Waals surface area contributed by atoms with Crippen molar-refractivity contribution in [1.82, 2.24) is 9.13 Å². The van der Waals surface area contributed by atoms with E-state index in [0.717, 1.165) is 0 Å². The lowest BCUT2D eigenvalue weighted by molar-refractivity contribution is 0.0867. The van der Waals surface area contributed by atoms with Crippen LogP contribution in [0.15, 0.2) is 30.3 Å². The highest BCUT2D eigenvalue weighted by Crippen LogP contribution is 2.19. The largest absolute Gasteiger partial charge is 0.355 e. The van der Waals surface area contributed by atoms with E-state index in [1.807, 2.05) is 37.8 Å². The van der Waals surface area contributed by atoms with Crippen LogP contribution in [0.4, 0.5) is 4.79 Å². The second-order valence-corrected chi connectivity index (χ2v) is 17.0. The van der Waals surface area contributed by atoms with Crippen molar-refractivity contribution >= 4 is 28.4 Å². The average molecular weight is 323 g/mol. The molecule has 0 heterocycles. The lowest BCUT2D eigenvalue weighted by Gasteiger charge is -2.39. The molecule has 116 valence electrons. The molecule has 0 aliphatic rings. The average Bonchev–Trinajstić information content (AvgIpc) is 2.36. The van der Waals surface area contributed by atoms with Gasteiger partial charge in [-0.15, -0.1) is 0 Å². The third-order valence-corrected chi connectivity index (χ3v) is 7.32. The number of nitrogens with zero attached hydrogens (tertiary/aromatic N) is 2. The van der Waals surface area contributed by atoms with Gasteiger partial charge < -0.3 is 4.57 Å². The Morgan fingerprint density at radius 3 is 1.71 bits per heavy atom. The van der Waals surface area contributed by atoms with Crippen LogP contribution in [0.5, 0.6) is 0 Å². The molecule has 0 aliphatic carbocycles. The molecule has 0 bridgehead atoms. The van der Waals surface area contributed by atoms with Crippen LogP contribution in [0.1, 0.15) is 10.4 Å². The molecular formula is C15H26N2O2Si2. The zero-order valence-electron chi connectivity index (χ0n) is 14.1. The molecule has 0 saturated carbocycles. The summed E-state index contributed by atoms with van der Waals surface area (Å²) in [7, 11) is -2.12. The molecule has 0 radical (unpaired) electrons. The number of rotatable bonds is 3. The normalized spacial score (nSPS) is 12.0. The summed E-state index contributed by atoms with van der Waals surface area (Å²) in [6, 6.07) is 8.87. The summed E-state index contributed by atoms with van der Waals surface area (Å²) in [6.07, 6.45) is 0. The summed E-state index contributed by atoms with van der Waals surface area (Å²) in [5.74, 6) is -0.190. The third-order valence-electron chi connectivity index (χ3n) is 3.38. The number of benzene rings is 1. The summed E-state index contributed by atoms with van der Waals surface area (Å²) in [6.45, 7) is 12.3. The fourth-order valence-corrected chi connectivity index (χ4v) is 4.06. The predicted octanol–water partition coefficient (Wildman–Crippen LogP) is 3.85. The van der Waals surface area contributed by atoms with E-state index in [4.69, 9.17) is 0 Å². The van der Waals surface area contributed by atoms with Crippen molar-refractivity contribution in [2.24, 2.45) is 0 Å². The number of imide groups is 1. The minimum Gasteiger partial charge on any atom is -0.355 e. The molecule has 4 nitrogen and oxygen atoms in total. The van der Waals surface area contributed by atoms with Crippen LogP contribution in [0.3, 0.4) is 0 Å². The van der Waals surface area contributed by atoms with Crippen molar-refractivity contribution in [1.29, 1.82) is 0 Å². The SMILES string of the molecule is CN(C(=O)N(C(=O)c1ccccc1)[Si](C)(C)C)[Si](C)(C)C. The Bertz CT molecular complexity index is 519. The fraction of sp³-hybridized carbons (Fsp3) is 0.467. The molecule has 6 heteroatoms. The maximum absolute atomic E-state index is 12.9. The van der Waals surface area contributed by atoms with E-state index in [2.05, 4.69) is 19.6 Å². The van der Waals surface area contributed by atoms with E-state index in [-0.39, 0.29) is 11.9 Å². The van der Waals surface area contributed by atoms with Crippen molar-refractivity contribution in [3.8, 4) is 0 Å². The zero-order chi connectivity index (χ0) is 16.4. The molecule has 0 spiro atoms. The molecule has 1 rings (SSSR count). The van der Waals surface area contributed by atoms with Crippen molar-refractivity contribution in [2.75, 3.05) is 7.05 Å². The van der Waals surface area contributed by atoms with Crippen molar-refractivity contribution < 1.29 is 9.59 Å². The second kappa shape index (κ2) is 6.15. The molecule has 0 aliphatic heterocycles. The maximum atomic E-state index is 12.9. The molecule has 0 fully saturated rings. The van der Waals surface area contributed by atoms with Crippen LogP contribution in [0.25, 0.3) is 0 Å². The molecular weight excluding hydrogens is 296 g/mol. The quantitative estimate of drug-likeness (QED) is 0.793. The minimum atomic E-state index is -2.12. The lowest BCUT2D eigenvalue weighted by Crippen LogP contribution is -2.61. The van der Waals surface area contributed by atoms with Gasteiger partial charge in [0.1, 0.15) is 0 Å². The van der Waals surface area contributed by atoms with Gasteiger partial charge in [-0.25, -0.2) is 4.79 Å². The van der Waals surface area contributed by atoms with Gasteiger partial charge in [-0.05, 0) is 12.1 Å². The minimum absolute atomic E-state index is 0.165. The van der Waals surface area contributed by atoms with Crippen LogP contribution in [-0.4, -0.2) is 44.6 Å². The Morgan fingerprint density at radius 2 is 1.33 bits per heavy atom. The lowest BCUT2D eigenvalue weighted by atomic mass is 10.2. The number of hydrogen-bond acceptors (Lipinski definition) is 2. The Labute approximate surface area is 129 Å². The van der Waals surface area contributed by atoms with Gasteiger partial charge in [0, 0.05) is 12.6 Å². The van der Waals surface area contributed by atoms with Crippen LogP contribution in [0.2, 0.25) is 39.3 Å². The molecule has 0 N–H and O–H groups in total. The van der Waals surface area contributed by atoms with E-state index < -0.39 is 16.5 Å². The second-order valence-electron chi connectivity index (χ2n) is 7.19. The van der Waals surface area contributed by atoms with Crippen LogP contribution < -0.4 is 0 Å². The number of urea groups is 1. The third kappa shape index (κ3) is 4.28. The summed E-state index contributed by atoms with van der Waals surface area (Å²) in [5.41, 5.74) is 0.567. The smallest absolute Gasteiger partial charge is 0.310 e. The topological polar surface area (TPSA) is 40.6 Å². The first-order valence-electron chi connectivity index (χ1n) is 7.13. The van der Waals surface area contributed by atoms with Gasteiger partial charge in [0.15, 0.2) is 16.5 Å². The van der Waals surface area contributed by atoms with Crippen molar-refractivity contribution in [3.63, 3.8) is 0 Å². The highest BCUT2D eigenvalue weighted by Gasteiger charge is 2.39. The Kier molecular flexibility index (Phi) is 5.17. The maximum Gasteiger partial charge on any atom is 0.310 e. The fourth-order valence-electron chi connectivity index (χ4n) is 1.83. The Balaban J connectivity index is 3.20. The standard InChI is InChI=1S/C15H26N2O2Si2/c1-16(20(2,3)4)15(19)17(21(5,6)7)14(18)13-11-9-8-10-12-13/h8-12H,1-7H3. The molecule has 3 amide bonds. The molecule has 0 saturated heterocycles. The highest BCUT2D eigenvalue weighted by molar-refractivity contribution is 6.80. The number of carbonyl (C=O) groups is 2. The van der Waals surface area contributed by atoms with Crippen LogP contribution >= 0.6 is 0 Å². The van der Waals surface area contributed by atoms with Crippen molar-refractivity contribution in [3.05, 3.63) is 35.9 Å². The van der Waals surface area contributed by atoms with Crippen LogP contribution in [-0.2, 0) is 0 Å². The van der Waals surface area contributed by atoms with Gasteiger partial charge >= 0.3 is 6.03 Å². The van der Waals surface area contributed by atoms with E-state index in [1.54, 1.807) is 23.7 Å². The summed E-state index contributed by atoms with van der Waals surface area (Å²) in [4.78, 5) is 25.6. The number of carbonyl (C=O) groups excluding carboxylic acids is 2. The first-order chi connectivity index (χ1) is 9.46.